The number of carbonyl (C=O) groups is 1. The molecule has 170 valence electrons. The van der Waals surface area contributed by atoms with E-state index in [0.717, 1.165) is 29.1 Å². The molecule has 1 amide bonds. The standard InChI is InChI=1S/C23H28N6O2.HI/c1-3-24-23(26-16-19-9-4-5-11-21(19)31-2)25-15-18-8-6-10-20(14-18)28-22(30)17-29-13-7-12-27-29;/h4-14H,3,15-17H2,1-2H3,(H,28,30)(H2,24,25,26);1H. The normalized spacial score (nSPS) is 10.8. The van der Waals surface area contributed by atoms with Crippen LogP contribution in [-0.2, 0) is 24.4 Å². The lowest BCUT2D eigenvalue weighted by Gasteiger charge is -2.13. The summed E-state index contributed by atoms with van der Waals surface area (Å²) in [4.78, 5) is 16.8. The highest BCUT2D eigenvalue weighted by atomic mass is 127. The number of hydrogen-bond donors (Lipinski definition) is 3. The Kier molecular flexibility index (Phi) is 10.5. The summed E-state index contributed by atoms with van der Waals surface area (Å²) in [6, 6.07) is 17.3. The predicted octanol–water partition coefficient (Wildman–Crippen LogP) is 3.40. The molecule has 9 heteroatoms. The lowest BCUT2D eigenvalue weighted by molar-refractivity contribution is -0.116. The van der Waals surface area contributed by atoms with Crippen LogP contribution < -0.4 is 20.7 Å². The average molecular weight is 548 g/mol. The topological polar surface area (TPSA) is 92.6 Å². The van der Waals surface area contributed by atoms with Gasteiger partial charge in [0, 0.05) is 36.7 Å². The number of nitrogens with zero attached hydrogens (tertiary/aromatic N) is 3. The van der Waals surface area contributed by atoms with Crippen molar-refractivity contribution >= 4 is 41.5 Å². The van der Waals surface area contributed by atoms with Crippen LogP contribution in [0, 0.1) is 0 Å². The van der Waals surface area contributed by atoms with Gasteiger partial charge in [0.1, 0.15) is 12.3 Å². The van der Waals surface area contributed by atoms with Crippen molar-refractivity contribution in [1.82, 2.24) is 20.4 Å². The van der Waals surface area contributed by atoms with Gasteiger partial charge in [-0.3, -0.25) is 9.48 Å². The Labute approximate surface area is 205 Å². The zero-order chi connectivity index (χ0) is 21.9. The lowest BCUT2D eigenvalue weighted by Crippen LogP contribution is -2.36. The van der Waals surface area contributed by atoms with E-state index >= 15 is 0 Å². The van der Waals surface area contributed by atoms with Crippen LogP contribution in [0.5, 0.6) is 5.75 Å². The first kappa shape index (κ1) is 25.2. The Morgan fingerprint density at radius 3 is 2.72 bits per heavy atom. The number of hydrogen-bond acceptors (Lipinski definition) is 4. The Morgan fingerprint density at radius 2 is 1.97 bits per heavy atom. The number of aliphatic imine (C=N–C) groups is 1. The van der Waals surface area contributed by atoms with Crippen molar-refractivity contribution in [3.05, 3.63) is 78.1 Å². The first-order chi connectivity index (χ1) is 15.2. The van der Waals surface area contributed by atoms with Crippen LogP contribution in [0.2, 0.25) is 0 Å². The van der Waals surface area contributed by atoms with Crippen molar-refractivity contribution in [2.45, 2.75) is 26.6 Å². The summed E-state index contributed by atoms with van der Waals surface area (Å²) in [5, 5.41) is 13.5. The van der Waals surface area contributed by atoms with Gasteiger partial charge in [-0.05, 0) is 36.8 Å². The summed E-state index contributed by atoms with van der Waals surface area (Å²) in [5.74, 6) is 1.42. The second-order valence-corrected chi connectivity index (χ2v) is 6.81. The minimum atomic E-state index is -0.129. The highest BCUT2D eigenvalue weighted by molar-refractivity contribution is 14.0. The van der Waals surface area contributed by atoms with Gasteiger partial charge in [0.15, 0.2) is 5.96 Å². The summed E-state index contributed by atoms with van der Waals surface area (Å²) < 4.78 is 6.99. The third-order valence-corrected chi connectivity index (χ3v) is 4.48. The maximum Gasteiger partial charge on any atom is 0.246 e. The molecule has 0 radical (unpaired) electrons. The molecule has 0 spiro atoms. The zero-order valence-corrected chi connectivity index (χ0v) is 20.6. The Bertz CT molecular complexity index is 1010. The summed E-state index contributed by atoms with van der Waals surface area (Å²) in [7, 11) is 1.67. The number of anilines is 1. The molecule has 0 atom stereocenters. The fourth-order valence-corrected chi connectivity index (χ4v) is 3.03. The molecule has 0 fully saturated rings. The number of amides is 1. The van der Waals surface area contributed by atoms with E-state index in [2.05, 4.69) is 26.0 Å². The number of nitrogens with one attached hydrogen (secondary N) is 3. The van der Waals surface area contributed by atoms with E-state index in [0.29, 0.717) is 19.0 Å². The Balaban J connectivity index is 0.00000363. The smallest absolute Gasteiger partial charge is 0.246 e. The fourth-order valence-electron chi connectivity index (χ4n) is 3.03. The third-order valence-electron chi connectivity index (χ3n) is 4.48. The van der Waals surface area contributed by atoms with Crippen molar-refractivity contribution in [3.8, 4) is 5.75 Å². The van der Waals surface area contributed by atoms with Gasteiger partial charge < -0.3 is 20.7 Å². The van der Waals surface area contributed by atoms with E-state index in [-0.39, 0.29) is 36.4 Å². The first-order valence-corrected chi connectivity index (χ1v) is 10.2. The van der Waals surface area contributed by atoms with Crippen molar-refractivity contribution in [2.75, 3.05) is 19.0 Å². The molecule has 3 N–H and O–H groups in total. The molecule has 0 aliphatic heterocycles. The molecule has 0 aliphatic carbocycles. The molecule has 0 saturated carbocycles. The number of guanidine groups is 1. The van der Waals surface area contributed by atoms with E-state index in [1.807, 2.05) is 55.5 Å². The fraction of sp³-hybridized carbons (Fsp3) is 0.261. The van der Waals surface area contributed by atoms with Crippen molar-refractivity contribution in [2.24, 2.45) is 4.99 Å². The molecule has 1 heterocycles. The number of carbonyl (C=O) groups excluding carboxylic acids is 1. The number of ether oxygens (including phenoxy) is 1. The number of aromatic nitrogens is 2. The lowest BCUT2D eigenvalue weighted by atomic mass is 10.2. The maximum absolute atomic E-state index is 12.2. The Hall–Kier alpha value is -3.08. The summed E-state index contributed by atoms with van der Waals surface area (Å²) in [5.41, 5.74) is 2.78. The van der Waals surface area contributed by atoms with Crippen molar-refractivity contribution in [3.63, 3.8) is 0 Å². The van der Waals surface area contributed by atoms with Gasteiger partial charge >= 0.3 is 0 Å². The monoisotopic (exact) mass is 548 g/mol. The molecule has 0 bridgehead atoms. The van der Waals surface area contributed by atoms with Crippen LogP contribution in [-0.4, -0.2) is 35.3 Å². The SMILES string of the molecule is CCNC(=NCc1cccc(NC(=O)Cn2cccn2)c1)NCc1ccccc1OC.I. The molecule has 32 heavy (non-hydrogen) atoms. The highest BCUT2D eigenvalue weighted by Gasteiger charge is 2.06. The van der Waals surface area contributed by atoms with Crippen LogP contribution in [0.25, 0.3) is 0 Å². The molecular formula is C23H29IN6O2. The van der Waals surface area contributed by atoms with E-state index in [1.54, 1.807) is 30.3 Å². The van der Waals surface area contributed by atoms with E-state index in [4.69, 9.17) is 4.74 Å². The number of benzene rings is 2. The van der Waals surface area contributed by atoms with Gasteiger partial charge in [0.05, 0.1) is 13.7 Å². The van der Waals surface area contributed by atoms with Crippen molar-refractivity contribution < 1.29 is 9.53 Å². The van der Waals surface area contributed by atoms with Crippen LogP contribution >= 0.6 is 24.0 Å². The van der Waals surface area contributed by atoms with Crippen LogP contribution in [0.3, 0.4) is 0 Å². The summed E-state index contributed by atoms with van der Waals surface area (Å²) in [6.07, 6.45) is 3.40. The van der Waals surface area contributed by atoms with Gasteiger partial charge in [-0.25, -0.2) is 4.99 Å². The molecule has 0 saturated heterocycles. The maximum atomic E-state index is 12.2. The van der Waals surface area contributed by atoms with Gasteiger partial charge in [-0.15, -0.1) is 24.0 Å². The third kappa shape index (κ3) is 7.88. The number of para-hydroxylation sites is 1. The number of rotatable bonds is 9. The second kappa shape index (κ2) is 13.4. The molecule has 1 aromatic heterocycles. The van der Waals surface area contributed by atoms with Crippen LogP contribution in [0.15, 0.2) is 72.0 Å². The van der Waals surface area contributed by atoms with Crippen molar-refractivity contribution in [1.29, 1.82) is 0 Å². The quantitative estimate of drug-likeness (QED) is 0.217. The summed E-state index contributed by atoms with van der Waals surface area (Å²) >= 11 is 0. The zero-order valence-electron chi connectivity index (χ0n) is 18.2. The molecule has 0 unspecified atom stereocenters. The van der Waals surface area contributed by atoms with Gasteiger partial charge in [0.2, 0.25) is 5.91 Å². The van der Waals surface area contributed by atoms with Gasteiger partial charge in [-0.1, -0.05) is 30.3 Å². The van der Waals surface area contributed by atoms with Crippen LogP contribution in [0.4, 0.5) is 5.69 Å². The van der Waals surface area contributed by atoms with Crippen LogP contribution in [0.1, 0.15) is 18.1 Å². The Morgan fingerprint density at radius 1 is 1.12 bits per heavy atom. The number of methoxy groups -OCH3 is 1. The molecule has 3 rings (SSSR count). The minimum absolute atomic E-state index is 0. The minimum Gasteiger partial charge on any atom is -0.496 e. The molecule has 3 aromatic rings. The first-order valence-electron chi connectivity index (χ1n) is 10.2. The largest absolute Gasteiger partial charge is 0.496 e. The molecule has 8 nitrogen and oxygen atoms in total. The van der Waals surface area contributed by atoms with Gasteiger partial charge in [0.25, 0.3) is 0 Å². The van der Waals surface area contributed by atoms with E-state index in [9.17, 15) is 4.79 Å². The average Bonchev–Trinajstić information content (AvgIpc) is 3.29. The highest BCUT2D eigenvalue weighted by Crippen LogP contribution is 2.16. The summed E-state index contributed by atoms with van der Waals surface area (Å²) in [6.45, 7) is 4.02. The van der Waals surface area contributed by atoms with Gasteiger partial charge in [-0.2, -0.15) is 5.10 Å². The molecule has 2 aromatic carbocycles. The van der Waals surface area contributed by atoms with E-state index in [1.165, 1.54) is 0 Å². The number of halogens is 1. The molecule has 0 aliphatic rings. The molecular weight excluding hydrogens is 519 g/mol. The van der Waals surface area contributed by atoms with E-state index < -0.39 is 0 Å². The predicted molar refractivity (Wildman–Crippen MR) is 137 cm³/mol. The second-order valence-electron chi connectivity index (χ2n) is 6.81.